The summed E-state index contributed by atoms with van der Waals surface area (Å²) < 4.78 is 45.9. The number of hydrogen-bond acceptors (Lipinski definition) is 9. The predicted octanol–water partition coefficient (Wildman–Crippen LogP) is 8.42. The van der Waals surface area contributed by atoms with E-state index in [9.17, 15) is 14.3 Å². The van der Waals surface area contributed by atoms with Crippen molar-refractivity contribution in [2.24, 2.45) is 0 Å². The zero-order valence-corrected chi connectivity index (χ0v) is 31.3. The summed E-state index contributed by atoms with van der Waals surface area (Å²) in [5.74, 6) is 0.501. The number of benzene rings is 3. The summed E-state index contributed by atoms with van der Waals surface area (Å²) in [7, 11) is 1.59. The zero-order valence-electron chi connectivity index (χ0n) is 28.4. The number of carboxylic acids is 1. The van der Waals surface area contributed by atoms with Crippen LogP contribution >= 0.6 is 34.2 Å². The molecule has 1 N–H and O–H groups in total. The van der Waals surface area contributed by atoms with Gasteiger partial charge in [-0.05, 0) is 89.5 Å². The van der Waals surface area contributed by atoms with Gasteiger partial charge in [0.15, 0.2) is 12.1 Å². The molecule has 0 aliphatic carbocycles. The summed E-state index contributed by atoms with van der Waals surface area (Å²) >= 11 is 8.92. The van der Waals surface area contributed by atoms with Crippen LogP contribution in [0.3, 0.4) is 0 Å². The molecule has 1 aliphatic heterocycles. The summed E-state index contributed by atoms with van der Waals surface area (Å²) in [6, 6.07) is 20.4. The van der Waals surface area contributed by atoms with Gasteiger partial charge in [-0.3, -0.25) is 4.40 Å². The molecule has 0 spiro atoms. The summed E-state index contributed by atoms with van der Waals surface area (Å²) in [4.78, 5) is 26.4. The van der Waals surface area contributed by atoms with E-state index >= 15 is 0 Å². The Hall–Kier alpha value is -4.99. The normalized spacial score (nSPS) is 14.8. The predicted molar refractivity (Wildman–Crippen MR) is 203 cm³/mol. The molecule has 0 amide bonds. The lowest BCUT2D eigenvalue weighted by Gasteiger charge is -2.24. The minimum Gasteiger partial charge on any atom is -0.496 e. The fraction of sp³-hybridized carbons (Fsp3) is 0.231. The lowest BCUT2D eigenvalue weighted by Crippen LogP contribution is -2.30. The molecule has 2 atom stereocenters. The maximum atomic E-state index is 13.7. The number of fused-ring (bicyclic) bond motifs is 1. The molecule has 1 saturated heterocycles. The highest BCUT2D eigenvalue weighted by Crippen LogP contribution is 2.40. The lowest BCUT2D eigenvalue weighted by atomic mass is 10.1. The van der Waals surface area contributed by atoms with Crippen molar-refractivity contribution in [3.05, 3.63) is 117 Å². The van der Waals surface area contributed by atoms with Gasteiger partial charge >= 0.3 is 5.97 Å². The molecule has 1 unspecified atom stereocenters. The van der Waals surface area contributed by atoms with Crippen molar-refractivity contribution in [3.63, 3.8) is 0 Å². The summed E-state index contributed by atoms with van der Waals surface area (Å²) in [6.45, 7) is 0.670. The van der Waals surface area contributed by atoms with Crippen LogP contribution < -0.4 is 18.9 Å². The SMILES string of the molecule is COc1ccccc1-c1nccc(COc2ccc(OC3CCCCO3)cc2C[C@@H](Oc2nccn3c(Cl)c(-c4ccc(F)cc4)c(I)c23)C(=O)O)n1. The highest BCUT2D eigenvalue weighted by Gasteiger charge is 2.28. The first-order valence-electron chi connectivity index (χ1n) is 16.8. The number of aliphatic carboxylic acids is 1. The molecule has 3 aromatic heterocycles. The second-order valence-electron chi connectivity index (χ2n) is 12.1. The molecule has 6 aromatic rings. The molecule has 0 bridgehead atoms. The smallest absolute Gasteiger partial charge is 0.345 e. The van der Waals surface area contributed by atoms with E-state index in [4.69, 9.17) is 40.3 Å². The number of methoxy groups -OCH3 is 1. The van der Waals surface area contributed by atoms with Gasteiger partial charge in [0, 0.05) is 42.6 Å². The topological polar surface area (TPSA) is 127 Å². The largest absolute Gasteiger partial charge is 0.496 e. The third-order valence-electron chi connectivity index (χ3n) is 8.64. The van der Waals surface area contributed by atoms with E-state index in [2.05, 4.69) is 32.6 Å². The Kier molecular flexibility index (Phi) is 11.2. The second kappa shape index (κ2) is 16.4. The lowest BCUT2D eigenvalue weighted by molar-refractivity contribution is -0.145. The van der Waals surface area contributed by atoms with Crippen molar-refractivity contribution in [3.8, 4) is 45.6 Å². The average Bonchev–Trinajstić information content (AvgIpc) is 3.44. The molecule has 4 heterocycles. The number of carboxylic acid groups (broad SMARTS) is 1. The van der Waals surface area contributed by atoms with Crippen LogP contribution in [0, 0.1) is 9.39 Å². The molecule has 272 valence electrons. The number of nitrogens with zero attached hydrogens (tertiary/aromatic N) is 4. The average molecular weight is 851 g/mol. The van der Waals surface area contributed by atoms with Gasteiger partial charge in [-0.25, -0.2) is 24.1 Å². The van der Waals surface area contributed by atoms with Gasteiger partial charge in [-0.1, -0.05) is 35.9 Å². The molecule has 53 heavy (non-hydrogen) atoms. The monoisotopic (exact) mass is 850 g/mol. The van der Waals surface area contributed by atoms with Gasteiger partial charge in [0.2, 0.25) is 12.0 Å². The minimum atomic E-state index is -1.40. The highest BCUT2D eigenvalue weighted by molar-refractivity contribution is 14.1. The molecule has 11 nitrogen and oxygen atoms in total. The van der Waals surface area contributed by atoms with Crippen molar-refractivity contribution in [1.82, 2.24) is 19.4 Å². The summed E-state index contributed by atoms with van der Waals surface area (Å²) in [5.41, 5.74) is 3.65. The fourth-order valence-corrected chi connectivity index (χ4v) is 7.60. The highest BCUT2D eigenvalue weighted by atomic mass is 127. The van der Waals surface area contributed by atoms with Crippen LogP contribution in [0.2, 0.25) is 5.15 Å². The van der Waals surface area contributed by atoms with E-state index in [0.717, 1.165) is 24.8 Å². The van der Waals surface area contributed by atoms with Crippen LogP contribution in [0.5, 0.6) is 23.1 Å². The Labute approximate surface area is 322 Å². The van der Waals surface area contributed by atoms with Crippen molar-refractivity contribution < 1.29 is 38.0 Å². The number of aromatic nitrogens is 4. The number of halogens is 3. The first-order chi connectivity index (χ1) is 25.8. The van der Waals surface area contributed by atoms with E-state index in [1.165, 1.54) is 18.3 Å². The number of para-hydroxylation sites is 1. The zero-order chi connectivity index (χ0) is 36.9. The second-order valence-corrected chi connectivity index (χ2v) is 13.6. The van der Waals surface area contributed by atoms with E-state index < -0.39 is 18.4 Å². The fourth-order valence-electron chi connectivity index (χ4n) is 6.03. The summed E-state index contributed by atoms with van der Waals surface area (Å²) in [5, 5.41) is 10.8. The first kappa shape index (κ1) is 36.4. The van der Waals surface area contributed by atoms with Crippen molar-refractivity contribution >= 4 is 45.7 Å². The molecular formula is C39H33ClFIN4O7. The van der Waals surface area contributed by atoms with Gasteiger partial charge < -0.3 is 28.8 Å². The molecular weight excluding hydrogens is 818 g/mol. The molecule has 7 rings (SSSR count). The molecule has 1 aliphatic rings. The van der Waals surface area contributed by atoms with Crippen LogP contribution in [0.1, 0.15) is 30.5 Å². The number of carbonyl (C=O) groups is 1. The maximum Gasteiger partial charge on any atom is 0.345 e. The van der Waals surface area contributed by atoms with Crippen molar-refractivity contribution in [2.45, 2.75) is 44.7 Å². The number of rotatable bonds is 13. The van der Waals surface area contributed by atoms with Crippen LogP contribution in [0.25, 0.3) is 28.0 Å². The third kappa shape index (κ3) is 8.16. The number of hydrogen-bond donors (Lipinski definition) is 1. The van der Waals surface area contributed by atoms with Crippen LogP contribution in [0.4, 0.5) is 4.39 Å². The van der Waals surface area contributed by atoms with E-state index in [1.54, 1.807) is 60.3 Å². The molecule has 14 heteroatoms. The van der Waals surface area contributed by atoms with Crippen LogP contribution in [-0.2, 0) is 22.6 Å². The van der Waals surface area contributed by atoms with Gasteiger partial charge in [-0.15, -0.1) is 0 Å². The third-order valence-corrected chi connectivity index (χ3v) is 10.1. The quantitative estimate of drug-likeness (QED) is 0.113. The Bertz CT molecular complexity index is 2250. The van der Waals surface area contributed by atoms with Crippen molar-refractivity contribution in [2.75, 3.05) is 13.7 Å². The molecule has 3 aromatic carbocycles. The van der Waals surface area contributed by atoms with Gasteiger partial charge in [0.25, 0.3) is 0 Å². The molecule has 0 saturated carbocycles. The number of ether oxygens (including phenoxy) is 5. The van der Waals surface area contributed by atoms with Gasteiger partial charge in [0.05, 0.1) is 28.5 Å². The Morgan fingerprint density at radius 1 is 1.08 bits per heavy atom. The Balaban J connectivity index is 1.19. The van der Waals surface area contributed by atoms with Crippen LogP contribution in [0.15, 0.2) is 91.4 Å². The van der Waals surface area contributed by atoms with Gasteiger partial charge in [0.1, 0.15) is 40.3 Å². The Morgan fingerprint density at radius 3 is 2.68 bits per heavy atom. The first-order valence-corrected chi connectivity index (χ1v) is 18.2. The van der Waals surface area contributed by atoms with Crippen molar-refractivity contribution in [1.29, 1.82) is 0 Å². The molecule has 1 fully saturated rings. The molecule has 0 radical (unpaired) electrons. The van der Waals surface area contributed by atoms with E-state index in [-0.39, 0.29) is 24.7 Å². The van der Waals surface area contributed by atoms with E-state index in [0.29, 0.717) is 66.3 Å². The standard InChI is InChI=1S/C39H33ClFIN4O7/c1-49-30-7-3-2-6-28(30)37-43-16-15-26(45-37)22-51-29-14-13-27(52-32-8-4-5-19-50-32)20-24(29)21-31(39(47)48)53-38-35-34(42)33(23-9-11-25(41)12-10-23)36(40)46(35)18-17-44-38/h2-3,6-7,9-18,20,31-32H,4-5,8,19,21-22H2,1H3,(H,47,48)/t31-,32?/m1/s1. The minimum absolute atomic E-state index is 0.0647. The maximum absolute atomic E-state index is 13.7. The van der Waals surface area contributed by atoms with Crippen LogP contribution in [-0.4, -0.2) is 56.5 Å². The van der Waals surface area contributed by atoms with E-state index in [1.807, 2.05) is 24.3 Å². The van der Waals surface area contributed by atoms with Gasteiger partial charge in [-0.2, -0.15) is 0 Å². The summed E-state index contributed by atoms with van der Waals surface area (Å²) in [6.07, 6.45) is 5.55. The Morgan fingerprint density at radius 2 is 1.91 bits per heavy atom.